The molecule has 0 atom stereocenters. The van der Waals surface area contributed by atoms with E-state index in [1.165, 1.54) is 0 Å². The van der Waals surface area contributed by atoms with Crippen molar-refractivity contribution < 1.29 is 9.59 Å². The first kappa shape index (κ1) is 17.1. The lowest BCUT2D eigenvalue weighted by Gasteiger charge is -2.11. The average molecular weight is 359 g/mol. The van der Waals surface area contributed by atoms with Crippen LogP contribution >= 0.6 is 0 Å². The maximum Gasteiger partial charge on any atom is 0.272 e. The van der Waals surface area contributed by atoms with Crippen molar-refractivity contribution in [2.75, 3.05) is 5.32 Å². The number of nitrogens with one attached hydrogen (secondary N) is 2. The molecule has 1 heterocycles. The number of nitrogens with zero attached hydrogens (tertiary/aromatic N) is 1. The molecule has 3 aromatic rings. The van der Waals surface area contributed by atoms with E-state index in [-0.39, 0.29) is 11.8 Å². The summed E-state index contributed by atoms with van der Waals surface area (Å²) >= 11 is 0. The first-order valence-electron chi connectivity index (χ1n) is 9.10. The van der Waals surface area contributed by atoms with Gasteiger partial charge in [0.1, 0.15) is 5.69 Å². The van der Waals surface area contributed by atoms with Gasteiger partial charge in [-0.05, 0) is 48.7 Å². The quantitative estimate of drug-likeness (QED) is 0.705. The number of aromatic nitrogens is 1. The summed E-state index contributed by atoms with van der Waals surface area (Å²) in [4.78, 5) is 24.9. The Hall–Kier alpha value is -3.34. The Labute approximate surface area is 158 Å². The van der Waals surface area contributed by atoms with Crippen LogP contribution in [0.4, 0.5) is 5.69 Å². The van der Waals surface area contributed by atoms with Crippen molar-refractivity contribution in [1.29, 1.82) is 0 Å². The molecule has 0 radical (unpaired) electrons. The molecule has 0 bridgehead atoms. The molecule has 0 aliphatic heterocycles. The van der Waals surface area contributed by atoms with Gasteiger partial charge in [0, 0.05) is 30.0 Å². The van der Waals surface area contributed by atoms with Crippen LogP contribution < -0.4 is 10.6 Å². The molecule has 1 aliphatic carbocycles. The van der Waals surface area contributed by atoms with Crippen LogP contribution in [0.3, 0.4) is 0 Å². The number of hydrogen-bond acceptors (Lipinski definition) is 2. The fourth-order valence-electron chi connectivity index (χ4n) is 2.97. The van der Waals surface area contributed by atoms with Gasteiger partial charge in [-0.3, -0.25) is 9.59 Å². The van der Waals surface area contributed by atoms with Gasteiger partial charge in [-0.15, -0.1) is 0 Å². The topological polar surface area (TPSA) is 63.1 Å². The van der Waals surface area contributed by atoms with E-state index in [2.05, 4.69) is 10.6 Å². The number of carbonyl (C=O) groups excluding carboxylic acids is 2. The minimum Gasteiger partial charge on any atom is -0.349 e. The summed E-state index contributed by atoms with van der Waals surface area (Å²) in [6.07, 6.45) is 3.97. The van der Waals surface area contributed by atoms with Crippen LogP contribution in [0.25, 0.3) is 0 Å². The summed E-state index contributed by atoms with van der Waals surface area (Å²) in [6, 6.07) is 21.0. The molecular formula is C22H21N3O2. The second kappa shape index (κ2) is 7.50. The van der Waals surface area contributed by atoms with Gasteiger partial charge >= 0.3 is 0 Å². The van der Waals surface area contributed by atoms with Gasteiger partial charge < -0.3 is 15.2 Å². The van der Waals surface area contributed by atoms with E-state index in [1.807, 2.05) is 47.2 Å². The van der Waals surface area contributed by atoms with Crippen molar-refractivity contribution in [2.45, 2.75) is 25.4 Å². The second-order valence-corrected chi connectivity index (χ2v) is 6.79. The van der Waals surface area contributed by atoms with Crippen LogP contribution in [0.2, 0.25) is 0 Å². The van der Waals surface area contributed by atoms with Gasteiger partial charge in [-0.1, -0.05) is 36.4 Å². The first-order valence-corrected chi connectivity index (χ1v) is 9.10. The summed E-state index contributed by atoms with van der Waals surface area (Å²) in [7, 11) is 0. The molecule has 1 saturated carbocycles. The molecule has 2 amide bonds. The zero-order valence-electron chi connectivity index (χ0n) is 14.9. The van der Waals surface area contributed by atoms with E-state index >= 15 is 0 Å². The molecular weight excluding hydrogens is 338 g/mol. The standard InChI is InChI=1S/C22H21N3O2/c26-21(23-18-11-12-18)17-8-4-9-19(14-17)24-22(27)20-10-5-13-25(20)15-16-6-2-1-3-7-16/h1-10,13-14,18H,11-12,15H2,(H,23,26)(H,24,27). The maximum absolute atomic E-state index is 12.7. The van der Waals surface area contributed by atoms with E-state index in [4.69, 9.17) is 0 Å². The summed E-state index contributed by atoms with van der Waals surface area (Å²) in [5, 5.41) is 5.85. The Balaban J connectivity index is 1.46. The lowest BCUT2D eigenvalue weighted by atomic mass is 10.2. The number of carbonyl (C=O) groups is 2. The van der Waals surface area contributed by atoms with Crippen molar-refractivity contribution in [3.05, 3.63) is 89.7 Å². The molecule has 2 N–H and O–H groups in total. The molecule has 1 fully saturated rings. The van der Waals surface area contributed by atoms with E-state index in [0.29, 0.717) is 29.5 Å². The van der Waals surface area contributed by atoms with Crippen molar-refractivity contribution in [1.82, 2.24) is 9.88 Å². The number of rotatable bonds is 6. The third-order valence-electron chi connectivity index (χ3n) is 4.55. The largest absolute Gasteiger partial charge is 0.349 e. The Bertz CT molecular complexity index is 958. The number of hydrogen-bond donors (Lipinski definition) is 2. The maximum atomic E-state index is 12.7. The van der Waals surface area contributed by atoms with Crippen molar-refractivity contribution in [3.8, 4) is 0 Å². The highest BCUT2D eigenvalue weighted by atomic mass is 16.2. The molecule has 5 heteroatoms. The monoisotopic (exact) mass is 359 g/mol. The fraction of sp³-hybridized carbons (Fsp3) is 0.182. The minimum absolute atomic E-state index is 0.0962. The van der Waals surface area contributed by atoms with E-state index in [0.717, 1.165) is 18.4 Å². The Morgan fingerprint density at radius 2 is 1.74 bits per heavy atom. The Kier molecular flexibility index (Phi) is 4.75. The van der Waals surface area contributed by atoms with Crippen LogP contribution in [0.15, 0.2) is 72.9 Å². The fourth-order valence-corrected chi connectivity index (χ4v) is 2.97. The van der Waals surface area contributed by atoms with Crippen molar-refractivity contribution in [3.63, 3.8) is 0 Å². The van der Waals surface area contributed by atoms with Gasteiger partial charge in [0.15, 0.2) is 0 Å². The molecule has 4 rings (SSSR count). The van der Waals surface area contributed by atoms with Crippen LogP contribution in [0.1, 0.15) is 39.3 Å². The highest BCUT2D eigenvalue weighted by Crippen LogP contribution is 2.20. The van der Waals surface area contributed by atoms with Gasteiger partial charge in [-0.2, -0.15) is 0 Å². The predicted molar refractivity (Wildman–Crippen MR) is 105 cm³/mol. The minimum atomic E-state index is -0.198. The third kappa shape index (κ3) is 4.26. The van der Waals surface area contributed by atoms with Gasteiger partial charge in [-0.25, -0.2) is 0 Å². The molecule has 0 unspecified atom stereocenters. The van der Waals surface area contributed by atoms with Crippen LogP contribution in [-0.2, 0) is 6.54 Å². The SMILES string of the molecule is O=C(NC1CC1)c1cccc(NC(=O)c2cccn2Cc2ccccc2)c1. The Morgan fingerprint density at radius 3 is 2.52 bits per heavy atom. The zero-order valence-corrected chi connectivity index (χ0v) is 14.9. The van der Waals surface area contributed by atoms with Crippen LogP contribution in [0.5, 0.6) is 0 Å². The van der Waals surface area contributed by atoms with Gasteiger partial charge in [0.25, 0.3) is 11.8 Å². The summed E-state index contributed by atoms with van der Waals surface area (Å²) in [5.74, 6) is -0.295. The number of benzene rings is 2. The predicted octanol–water partition coefficient (Wildman–Crippen LogP) is 3.68. The number of anilines is 1. The van der Waals surface area contributed by atoms with E-state index < -0.39 is 0 Å². The van der Waals surface area contributed by atoms with Crippen LogP contribution in [0, 0.1) is 0 Å². The highest BCUT2D eigenvalue weighted by Gasteiger charge is 2.23. The van der Waals surface area contributed by atoms with Gasteiger partial charge in [0.2, 0.25) is 0 Å². The second-order valence-electron chi connectivity index (χ2n) is 6.79. The lowest BCUT2D eigenvalue weighted by Crippen LogP contribution is -2.25. The van der Waals surface area contributed by atoms with Crippen molar-refractivity contribution >= 4 is 17.5 Å². The van der Waals surface area contributed by atoms with Gasteiger partial charge in [0.05, 0.1) is 0 Å². The molecule has 2 aromatic carbocycles. The molecule has 0 saturated heterocycles. The molecule has 27 heavy (non-hydrogen) atoms. The molecule has 1 aliphatic rings. The summed E-state index contributed by atoms with van der Waals surface area (Å²) in [5.41, 5.74) is 2.86. The average Bonchev–Trinajstić information content (AvgIpc) is 3.37. The number of amides is 2. The molecule has 0 spiro atoms. The Morgan fingerprint density at radius 1 is 0.926 bits per heavy atom. The van der Waals surface area contributed by atoms with Crippen LogP contribution in [-0.4, -0.2) is 22.4 Å². The molecule has 136 valence electrons. The summed E-state index contributed by atoms with van der Waals surface area (Å²) < 4.78 is 1.91. The normalized spacial score (nSPS) is 13.2. The highest BCUT2D eigenvalue weighted by molar-refractivity contribution is 6.04. The van der Waals surface area contributed by atoms with E-state index in [9.17, 15) is 9.59 Å². The molecule has 5 nitrogen and oxygen atoms in total. The smallest absolute Gasteiger partial charge is 0.272 e. The lowest BCUT2D eigenvalue weighted by molar-refractivity contribution is 0.0949. The zero-order chi connectivity index (χ0) is 18.6. The van der Waals surface area contributed by atoms with Crippen molar-refractivity contribution in [2.24, 2.45) is 0 Å². The third-order valence-corrected chi connectivity index (χ3v) is 4.55. The van der Waals surface area contributed by atoms with E-state index in [1.54, 1.807) is 30.3 Å². The molecule has 1 aromatic heterocycles. The summed E-state index contributed by atoms with van der Waals surface area (Å²) in [6.45, 7) is 0.625. The first-order chi connectivity index (χ1) is 13.2.